The van der Waals surface area contributed by atoms with E-state index in [4.69, 9.17) is 5.26 Å². The Kier molecular flexibility index (Phi) is 4.97. The largest absolute Gasteiger partial charge is 0.341 e. The molecule has 1 heterocycles. The van der Waals surface area contributed by atoms with Gasteiger partial charge in [0.1, 0.15) is 0 Å². The Labute approximate surface area is 95.8 Å². The zero-order chi connectivity index (χ0) is 11.3. The van der Waals surface area contributed by atoms with Crippen LogP contribution in [0.1, 0.15) is 20.3 Å². The quantitative estimate of drug-likeness (QED) is 0.733. The Morgan fingerprint density at radius 2 is 2.47 bits per heavy atom. The number of carbonyl (C=O) groups is 1. The molecule has 0 saturated carbocycles. The summed E-state index contributed by atoms with van der Waals surface area (Å²) in [4.78, 5) is 13.9. The molecule has 2 unspecified atom stereocenters. The van der Waals surface area contributed by atoms with Crippen LogP contribution in [0.25, 0.3) is 0 Å². The van der Waals surface area contributed by atoms with E-state index >= 15 is 0 Å². The zero-order valence-corrected chi connectivity index (χ0v) is 10.2. The summed E-state index contributed by atoms with van der Waals surface area (Å²) in [7, 11) is 0. The van der Waals surface area contributed by atoms with Gasteiger partial charge in [-0.25, -0.2) is 0 Å². The lowest BCUT2D eigenvalue weighted by Crippen LogP contribution is -2.38. The first-order valence-corrected chi connectivity index (χ1v) is 6.60. The van der Waals surface area contributed by atoms with E-state index in [1.807, 2.05) is 30.5 Å². The molecule has 0 bridgehead atoms. The highest BCUT2D eigenvalue weighted by Crippen LogP contribution is 2.25. The summed E-state index contributed by atoms with van der Waals surface area (Å²) in [6, 6.07) is 2.18. The van der Waals surface area contributed by atoms with Gasteiger partial charge >= 0.3 is 0 Å². The van der Waals surface area contributed by atoms with Crippen LogP contribution in [0.2, 0.25) is 0 Å². The van der Waals surface area contributed by atoms with E-state index in [1.165, 1.54) is 0 Å². The van der Waals surface area contributed by atoms with Gasteiger partial charge in [0.15, 0.2) is 0 Å². The van der Waals surface area contributed by atoms with E-state index < -0.39 is 0 Å². The lowest BCUT2D eigenvalue weighted by atomic mass is 10.1. The SMILES string of the molecule is CCN(CC(C)C#N)C(=O)C1CCSC1. The van der Waals surface area contributed by atoms with E-state index in [-0.39, 0.29) is 17.7 Å². The molecular weight excluding hydrogens is 208 g/mol. The molecule has 4 heteroatoms. The molecule has 1 fully saturated rings. The molecular formula is C11H18N2OS. The first kappa shape index (κ1) is 12.4. The van der Waals surface area contributed by atoms with Crippen LogP contribution in [-0.2, 0) is 4.79 Å². The van der Waals surface area contributed by atoms with Crippen molar-refractivity contribution in [1.82, 2.24) is 4.90 Å². The van der Waals surface area contributed by atoms with E-state index in [0.717, 1.165) is 17.9 Å². The lowest BCUT2D eigenvalue weighted by molar-refractivity contribution is -0.134. The Morgan fingerprint density at radius 3 is 2.93 bits per heavy atom. The fourth-order valence-corrected chi connectivity index (χ4v) is 2.95. The van der Waals surface area contributed by atoms with Gasteiger partial charge in [0, 0.05) is 24.8 Å². The van der Waals surface area contributed by atoms with Gasteiger partial charge in [0.2, 0.25) is 5.91 Å². The number of amides is 1. The maximum Gasteiger partial charge on any atom is 0.226 e. The second-order valence-electron chi connectivity index (χ2n) is 3.97. The lowest BCUT2D eigenvalue weighted by Gasteiger charge is -2.24. The molecule has 0 aliphatic carbocycles. The minimum Gasteiger partial charge on any atom is -0.341 e. The number of nitriles is 1. The maximum absolute atomic E-state index is 12.0. The van der Waals surface area contributed by atoms with Gasteiger partial charge in [0.05, 0.1) is 12.0 Å². The van der Waals surface area contributed by atoms with E-state index in [9.17, 15) is 4.79 Å². The number of rotatable bonds is 4. The van der Waals surface area contributed by atoms with Crippen molar-refractivity contribution < 1.29 is 4.79 Å². The average molecular weight is 226 g/mol. The van der Waals surface area contributed by atoms with Gasteiger partial charge in [-0.2, -0.15) is 17.0 Å². The highest BCUT2D eigenvalue weighted by atomic mass is 32.2. The molecule has 0 aromatic carbocycles. The second-order valence-corrected chi connectivity index (χ2v) is 5.12. The molecule has 0 aromatic rings. The van der Waals surface area contributed by atoms with Crippen LogP contribution in [0, 0.1) is 23.2 Å². The number of nitrogens with zero attached hydrogens (tertiary/aromatic N) is 2. The molecule has 0 spiro atoms. The molecule has 1 aliphatic heterocycles. The molecule has 1 aliphatic rings. The van der Waals surface area contributed by atoms with Gasteiger partial charge in [-0.3, -0.25) is 4.79 Å². The fourth-order valence-electron chi connectivity index (χ4n) is 1.73. The number of hydrogen-bond acceptors (Lipinski definition) is 3. The van der Waals surface area contributed by atoms with E-state index in [0.29, 0.717) is 13.1 Å². The molecule has 0 N–H and O–H groups in total. The van der Waals surface area contributed by atoms with Crippen LogP contribution >= 0.6 is 11.8 Å². The molecule has 84 valence electrons. The third-order valence-corrected chi connectivity index (χ3v) is 3.85. The molecule has 0 aromatic heterocycles. The van der Waals surface area contributed by atoms with Crippen molar-refractivity contribution in [1.29, 1.82) is 5.26 Å². The number of hydrogen-bond donors (Lipinski definition) is 0. The summed E-state index contributed by atoms with van der Waals surface area (Å²) in [6.07, 6.45) is 1.00. The maximum atomic E-state index is 12.0. The summed E-state index contributed by atoms with van der Waals surface area (Å²) in [5.74, 6) is 2.42. The van der Waals surface area contributed by atoms with Crippen molar-refractivity contribution in [2.45, 2.75) is 20.3 Å². The smallest absolute Gasteiger partial charge is 0.226 e. The van der Waals surface area contributed by atoms with Crippen LogP contribution in [0.3, 0.4) is 0 Å². The monoisotopic (exact) mass is 226 g/mol. The van der Waals surface area contributed by atoms with Crippen molar-refractivity contribution in [2.24, 2.45) is 11.8 Å². The Hall–Kier alpha value is -0.690. The summed E-state index contributed by atoms with van der Waals surface area (Å²) in [5, 5.41) is 8.73. The first-order valence-electron chi connectivity index (χ1n) is 5.45. The predicted molar refractivity (Wildman–Crippen MR) is 62.5 cm³/mol. The summed E-state index contributed by atoms with van der Waals surface area (Å²) in [5.41, 5.74) is 0. The minimum atomic E-state index is -0.0667. The summed E-state index contributed by atoms with van der Waals surface area (Å²) < 4.78 is 0. The van der Waals surface area contributed by atoms with Crippen LogP contribution in [0.5, 0.6) is 0 Å². The minimum absolute atomic E-state index is 0.0667. The number of thioether (sulfide) groups is 1. The van der Waals surface area contributed by atoms with E-state index in [1.54, 1.807) is 0 Å². The highest BCUT2D eigenvalue weighted by molar-refractivity contribution is 7.99. The summed E-state index contributed by atoms with van der Waals surface area (Å²) >= 11 is 1.85. The fraction of sp³-hybridized carbons (Fsp3) is 0.818. The first-order chi connectivity index (χ1) is 7.19. The Bertz CT molecular complexity index is 256. The van der Waals surface area contributed by atoms with Gasteiger partial charge in [-0.05, 0) is 26.0 Å². The molecule has 3 nitrogen and oxygen atoms in total. The van der Waals surface area contributed by atoms with Gasteiger partial charge in [0.25, 0.3) is 0 Å². The van der Waals surface area contributed by atoms with Crippen molar-refractivity contribution >= 4 is 17.7 Å². The second kappa shape index (κ2) is 6.02. The van der Waals surface area contributed by atoms with Crippen LogP contribution in [-0.4, -0.2) is 35.4 Å². The normalized spacial score (nSPS) is 22.1. The standard InChI is InChI=1S/C11H18N2OS/c1-3-13(7-9(2)6-12)11(14)10-4-5-15-8-10/h9-10H,3-5,7-8H2,1-2H3. The van der Waals surface area contributed by atoms with E-state index in [2.05, 4.69) is 6.07 Å². The molecule has 0 radical (unpaired) electrons. The molecule has 1 rings (SSSR count). The van der Waals surface area contributed by atoms with Gasteiger partial charge < -0.3 is 4.90 Å². The average Bonchev–Trinajstić information content (AvgIpc) is 2.77. The summed E-state index contributed by atoms with van der Waals surface area (Å²) in [6.45, 7) is 5.13. The third-order valence-electron chi connectivity index (χ3n) is 2.69. The van der Waals surface area contributed by atoms with Crippen LogP contribution in [0.15, 0.2) is 0 Å². The third kappa shape index (κ3) is 3.42. The van der Waals surface area contributed by atoms with Crippen molar-refractivity contribution in [3.8, 4) is 6.07 Å². The zero-order valence-electron chi connectivity index (χ0n) is 9.40. The highest BCUT2D eigenvalue weighted by Gasteiger charge is 2.27. The molecule has 2 atom stereocenters. The Balaban J connectivity index is 2.50. The molecule has 1 amide bonds. The topological polar surface area (TPSA) is 44.1 Å². The number of carbonyl (C=O) groups excluding carboxylic acids is 1. The van der Waals surface area contributed by atoms with Gasteiger partial charge in [-0.1, -0.05) is 0 Å². The van der Waals surface area contributed by atoms with Crippen molar-refractivity contribution in [3.63, 3.8) is 0 Å². The molecule has 15 heavy (non-hydrogen) atoms. The van der Waals surface area contributed by atoms with Crippen LogP contribution in [0.4, 0.5) is 0 Å². The molecule has 1 saturated heterocycles. The Morgan fingerprint density at radius 1 is 1.73 bits per heavy atom. The van der Waals surface area contributed by atoms with Crippen molar-refractivity contribution in [3.05, 3.63) is 0 Å². The van der Waals surface area contributed by atoms with Gasteiger partial charge in [-0.15, -0.1) is 0 Å². The van der Waals surface area contributed by atoms with Crippen LogP contribution < -0.4 is 0 Å². The van der Waals surface area contributed by atoms with Crippen molar-refractivity contribution in [2.75, 3.05) is 24.6 Å². The predicted octanol–water partition coefficient (Wildman–Crippen LogP) is 1.75.